The highest BCUT2D eigenvalue weighted by atomic mass is 35.5. The smallest absolute Gasteiger partial charge is 0.259 e. The van der Waals surface area contributed by atoms with E-state index in [0.29, 0.717) is 0 Å². The molecular formula is C12H18Cl2N4OS. The van der Waals surface area contributed by atoms with Gasteiger partial charge in [-0.25, -0.2) is 4.98 Å². The molecule has 2 aromatic heterocycles. The summed E-state index contributed by atoms with van der Waals surface area (Å²) in [5.41, 5.74) is 1.87. The Hall–Kier alpha value is -0.660. The van der Waals surface area contributed by atoms with Crippen LogP contribution in [0, 0.1) is 6.92 Å². The van der Waals surface area contributed by atoms with Gasteiger partial charge in [0.25, 0.3) is 5.56 Å². The van der Waals surface area contributed by atoms with Gasteiger partial charge in [-0.05, 0) is 6.92 Å². The topological polar surface area (TPSA) is 49.6 Å². The summed E-state index contributed by atoms with van der Waals surface area (Å²) in [6, 6.07) is 1.66. The monoisotopic (exact) mass is 336 g/mol. The summed E-state index contributed by atoms with van der Waals surface area (Å²) in [4.78, 5) is 19.7. The van der Waals surface area contributed by atoms with Crippen molar-refractivity contribution in [2.24, 2.45) is 0 Å². The SMILES string of the molecule is Cc1csc2nc(CN3CCNCC3)cc(=O)n12.Cl.Cl. The Morgan fingerprint density at radius 3 is 2.75 bits per heavy atom. The third-order valence-electron chi connectivity index (χ3n) is 3.22. The largest absolute Gasteiger partial charge is 0.314 e. The van der Waals surface area contributed by atoms with E-state index in [1.165, 1.54) is 11.3 Å². The van der Waals surface area contributed by atoms with Gasteiger partial charge < -0.3 is 5.32 Å². The molecule has 3 rings (SSSR count). The van der Waals surface area contributed by atoms with Crippen molar-refractivity contribution < 1.29 is 0 Å². The third kappa shape index (κ3) is 3.51. The Labute approximate surface area is 133 Å². The van der Waals surface area contributed by atoms with Crippen molar-refractivity contribution in [3.8, 4) is 0 Å². The van der Waals surface area contributed by atoms with Crippen molar-refractivity contribution in [1.82, 2.24) is 19.6 Å². The summed E-state index contributed by atoms with van der Waals surface area (Å²) in [5.74, 6) is 0. The summed E-state index contributed by atoms with van der Waals surface area (Å²) < 4.78 is 1.67. The van der Waals surface area contributed by atoms with Gasteiger partial charge in [0, 0.05) is 49.9 Å². The summed E-state index contributed by atoms with van der Waals surface area (Å²) >= 11 is 1.53. The van der Waals surface area contributed by atoms with Crippen molar-refractivity contribution in [2.75, 3.05) is 26.2 Å². The van der Waals surface area contributed by atoms with Crippen LogP contribution in [0.1, 0.15) is 11.4 Å². The van der Waals surface area contributed by atoms with E-state index in [4.69, 9.17) is 0 Å². The number of piperazine rings is 1. The second-order valence-electron chi connectivity index (χ2n) is 4.61. The molecule has 0 bridgehead atoms. The highest BCUT2D eigenvalue weighted by molar-refractivity contribution is 7.15. The molecule has 0 aliphatic carbocycles. The molecule has 112 valence electrons. The maximum Gasteiger partial charge on any atom is 0.259 e. The lowest BCUT2D eigenvalue weighted by atomic mass is 10.3. The fourth-order valence-corrected chi connectivity index (χ4v) is 3.17. The quantitative estimate of drug-likeness (QED) is 0.898. The first-order valence-electron chi connectivity index (χ1n) is 6.14. The number of fused-ring (bicyclic) bond motifs is 1. The zero-order chi connectivity index (χ0) is 12.5. The lowest BCUT2D eigenvalue weighted by Crippen LogP contribution is -2.43. The van der Waals surface area contributed by atoms with Crippen LogP contribution < -0.4 is 10.9 Å². The van der Waals surface area contributed by atoms with Crippen molar-refractivity contribution in [1.29, 1.82) is 0 Å². The fraction of sp³-hybridized carbons (Fsp3) is 0.500. The molecule has 1 fully saturated rings. The molecule has 1 N–H and O–H groups in total. The second-order valence-corrected chi connectivity index (χ2v) is 5.44. The number of aromatic nitrogens is 2. The average Bonchev–Trinajstić information content (AvgIpc) is 2.72. The standard InChI is InChI=1S/C12H16N4OS.2ClH/c1-9-8-18-12-14-10(6-11(17)16(9)12)7-15-4-2-13-3-5-15;;/h6,8,13H,2-5,7H2,1H3;2*1H. The van der Waals surface area contributed by atoms with Crippen LogP contribution in [0.25, 0.3) is 4.96 Å². The molecule has 1 aliphatic rings. The van der Waals surface area contributed by atoms with Crippen molar-refractivity contribution in [2.45, 2.75) is 13.5 Å². The predicted molar refractivity (Wildman–Crippen MR) is 86.7 cm³/mol. The fourth-order valence-electron chi connectivity index (χ4n) is 2.28. The molecule has 0 saturated carbocycles. The van der Waals surface area contributed by atoms with Crippen LogP contribution >= 0.6 is 36.2 Å². The molecule has 0 aromatic carbocycles. The number of hydrogen-bond donors (Lipinski definition) is 1. The number of rotatable bonds is 2. The van der Waals surface area contributed by atoms with E-state index in [9.17, 15) is 4.79 Å². The van der Waals surface area contributed by atoms with Gasteiger partial charge in [0.1, 0.15) is 0 Å². The van der Waals surface area contributed by atoms with E-state index >= 15 is 0 Å². The Balaban J connectivity index is 0.000001000. The van der Waals surface area contributed by atoms with Gasteiger partial charge in [-0.3, -0.25) is 14.1 Å². The average molecular weight is 337 g/mol. The van der Waals surface area contributed by atoms with Crippen molar-refractivity contribution in [3.63, 3.8) is 0 Å². The summed E-state index contributed by atoms with van der Waals surface area (Å²) in [5, 5.41) is 5.29. The Bertz CT molecular complexity index is 621. The van der Waals surface area contributed by atoms with Gasteiger partial charge in [0.15, 0.2) is 4.96 Å². The molecule has 5 nitrogen and oxygen atoms in total. The first-order valence-corrected chi connectivity index (χ1v) is 7.02. The Morgan fingerprint density at radius 1 is 1.35 bits per heavy atom. The Kier molecular flexibility index (Phi) is 6.42. The van der Waals surface area contributed by atoms with E-state index < -0.39 is 0 Å². The van der Waals surface area contributed by atoms with E-state index in [0.717, 1.165) is 49.1 Å². The summed E-state index contributed by atoms with van der Waals surface area (Å²) in [7, 11) is 0. The number of hydrogen-bond acceptors (Lipinski definition) is 5. The lowest BCUT2D eigenvalue weighted by molar-refractivity contribution is 0.231. The van der Waals surface area contributed by atoms with Crippen LogP contribution in [0.4, 0.5) is 0 Å². The lowest BCUT2D eigenvalue weighted by Gasteiger charge is -2.26. The molecule has 0 spiro atoms. The summed E-state index contributed by atoms with van der Waals surface area (Å²) in [6.07, 6.45) is 0. The zero-order valence-corrected chi connectivity index (χ0v) is 13.6. The number of nitrogens with zero attached hydrogens (tertiary/aromatic N) is 3. The van der Waals surface area contributed by atoms with Gasteiger partial charge in [0.05, 0.1) is 5.69 Å². The molecule has 1 aliphatic heterocycles. The molecule has 8 heteroatoms. The highest BCUT2D eigenvalue weighted by Crippen LogP contribution is 2.12. The maximum atomic E-state index is 12.0. The molecule has 0 atom stereocenters. The van der Waals surface area contributed by atoms with Crippen LogP contribution in [-0.2, 0) is 6.54 Å². The molecule has 0 radical (unpaired) electrons. The first kappa shape index (κ1) is 17.4. The van der Waals surface area contributed by atoms with Gasteiger partial charge >= 0.3 is 0 Å². The molecule has 0 amide bonds. The van der Waals surface area contributed by atoms with Gasteiger partial charge in [-0.1, -0.05) is 0 Å². The molecule has 20 heavy (non-hydrogen) atoms. The molecule has 0 unspecified atom stereocenters. The van der Waals surface area contributed by atoms with Crippen LogP contribution in [0.3, 0.4) is 0 Å². The van der Waals surface area contributed by atoms with Gasteiger partial charge in [-0.15, -0.1) is 36.2 Å². The molecule has 1 saturated heterocycles. The second kappa shape index (κ2) is 7.38. The zero-order valence-electron chi connectivity index (χ0n) is 11.2. The molecule has 3 heterocycles. The van der Waals surface area contributed by atoms with E-state index in [2.05, 4.69) is 15.2 Å². The Morgan fingerprint density at radius 2 is 2.05 bits per heavy atom. The first-order chi connectivity index (χ1) is 8.74. The number of halogens is 2. The van der Waals surface area contributed by atoms with Crippen molar-refractivity contribution >= 4 is 41.1 Å². The number of aryl methyl sites for hydroxylation is 1. The van der Waals surface area contributed by atoms with E-state index in [1.54, 1.807) is 10.5 Å². The minimum atomic E-state index is 0. The van der Waals surface area contributed by atoms with Crippen LogP contribution in [0.2, 0.25) is 0 Å². The van der Waals surface area contributed by atoms with E-state index in [1.807, 2.05) is 12.3 Å². The normalized spacial score (nSPS) is 15.7. The summed E-state index contributed by atoms with van der Waals surface area (Å²) in [6.45, 7) is 6.76. The highest BCUT2D eigenvalue weighted by Gasteiger charge is 2.12. The van der Waals surface area contributed by atoms with Crippen LogP contribution in [0.15, 0.2) is 16.2 Å². The molecule has 2 aromatic rings. The maximum absolute atomic E-state index is 12.0. The van der Waals surface area contributed by atoms with Crippen LogP contribution in [-0.4, -0.2) is 40.5 Å². The van der Waals surface area contributed by atoms with Gasteiger partial charge in [-0.2, -0.15) is 0 Å². The van der Waals surface area contributed by atoms with Gasteiger partial charge in [0.2, 0.25) is 0 Å². The minimum absolute atomic E-state index is 0. The van der Waals surface area contributed by atoms with Crippen LogP contribution in [0.5, 0.6) is 0 Å². The van der Waals surface area contributed by atoms with E-state index in [-0.39, 0.29) is 30.4 Å². The molecular weight excluding hydrogens is 319 g/mol. The predicted octanol–water partition coefficient (Wildman–Crippen LogP) is 1.31. The number of thiazole rings is 1. The third-order valence-corrected chi connectivity index (χ3v) is 4.17. The number of nitrogens with one attached hydrogen (secondary N) is 1. The minimum Gasteiger partial charge on any atom is -0.314 e. The van der Waals surface area contributed by atoms with Crippen molar-refractivity contribution in [3.05, 3.63) is 33.2 Å².